The van der Waals surface area contributed by atoms with E-state index >= 15 is 0 Å². The molecule has 2 saturated heterocycles. The van der Waals surface area contributed by atoms with E-state index in [4.69, 9.17) is 4.42 Å². The van der Waals surface area contributed by atoms with Gasteiger partial charge in [-0.2, -0.15) is 0 Å². The number of hydrogen-bond donors (Lipinski definition) is 1. The van der Waals surface area contributed by atoms with Gasteiger partial charge in [0.1, 0.15) is 0 Å². The molecule has 0 aliphatic carbocycles. The number of furan rings is 1. The van der Waals surface area contributed by atoms with Crippen LogP contribution in [0.5, 0.6) is 0 Å². The molecule has 1 amide bonds. The monoisotopic (exact) mass is 276 g/mol. The normalized spacial score (nSPS) is 30.0. The number of aromatic nitrogens is 1. The number of amides is 1. The maximum atomic E-state index is 12.6. The lowest BCUT2D eigenvalue weighted by Crippen LogP contribution is -3.12. The molecule has 0 radical (unpaired) electrons. The number of rotatable bonds is 2. The van der Waals surface area contributed by atoms with Crippen LogP contribution >= 0.6 is 11.3 Å². The first-order valence-electron chi connectivity index (χ1n) is 6.48. The van der Waals surface area contributed by atoms with Crippen molar-refractivity contribution < 1.29 is 14.1 Å². The summed E-state index contributed by atoms with van der Waals surface area (Å²) in [7, 11) is 0. The van der Waals surface area contributed by atoms with Gasteiger partial charge in [-0.1, -0.05) is 0 Å². The number of nitrogens with zero attached hydrogens (tertiary/aromatic N) is 2. The fourth-order valence-electron chi connectivity index (χ4n) is 3.24. The van der Waals surface area contributed by atoms with Crippen molar-refractivity contribution in [1.29, 1.82) is 0 Å². The third-order valence-electron chi connectivity index (χ3n) is 3.99. The van der Waals surface area contributed by atoms with Gasteiger partial charge in [-0.05, 0) is 12.1 Å². The van der Waals surface area contributed by atoms with Crippen LogP contribution in [0.1, 0.15) is 24.8 Å². The summed E-state index contributed by atoms with van der Waals surface area (Å²) in [6.45, 7) is 1.02. The fourth-order valence-corrected chi connectivity index (χ4v) is 3.91. The van der Waals surface area contributed by atoms with Crippen molar-refractivity contribution in [1.82, 2.24) is 4.98 Å². The van der Waals surface area contributed by atoms with Crippen molar-refractivity contribution in [3.05, 3.63) is 35.7 Å². The Balaban J connectivity index is 1.81. The number of quaternary nitrogens is 1. The van der Waals surface area contributed by atoms with Crippen LogP contribution < -0.4 is 9.80 Å². The molecule has 2 aromatic heterocycles. The predicted molar refractivity (Wildman–Crippen MR) is 69.9 cm³/mol. The molecule has 2 aliphatic rings. The lowest BCUT2D eigenvalue weighted by molar-refractivity contribution is -0.925. The summed E-state index contributed by atoms with van der Waals surface area (Å²) < 4.78 is 5.56. The van der Waals surface area contributed by atoms with Crippen LogP contribution in [0.25, 0.3) is 0 Å². The molecule has 6 heteroatoms. The molecule has 0 spiro atoms. The van der Waals surface area contributed by atoms with Gasteiger partial charge in [-0.3, -0.25) is 9.69 Å². The quantitative estimate of drug-likeness (QED) is 0.884. The Morgan fingerprint density at radius 1 is 1.53 bits per heavy atom. The van der Waals surface area contributed by atoms with Crippen molar-refractivity contribution in [2.24, 2.45) is 0 Å². The molecular formula is C13H14N3O2S+. The van der Waals surface area contributed by atoms with Crippen molar-refractivity contribution >= 4 is 22.4 Å². The van der Waals surface area contributed by atoms with Crippen LogP contribution in [0.3, 0.4) is 0 Å². The van der Waals surface area contributed by atoms with Gasteiger partial charge in [0.05, 0.1) is 12.8 Å². The largest absolute Gasteiger partial charge is 0.461 e. The number of anilines is 1. The van der Waals surface area contributed by atoms with Crippen molar-refractivity contribution in [2.45, 2.75) is 25.0 Å². The molecule has 0 aromatic carbocycles. The smallest absolute Gasteiger partial charge is 0.292 e. The SMILES string of the molecule is O=C1[C@H]2CCC[NH+]2[C@H](c2ccco2)N1c1nccs1. The number of fused-ring (bicyclic) bond motifs is 1. The average molecular weight is 276 g/mol. The van der Waals surface area contributed by atoms with E-state index in [-0.39, 0.29) is 18.1 Å². The van der Waals surface area contributed by atoms with Crippen molar-refractivity contribution in [2.75, 3.05) is 11.4 Å². The molecule has 0 saturated carbocycles. The van der Waals surface area contributed by atoms with Gasteiger partial charge in [0.25, 0.3) is 5.91 Å². The number of hydrogen-bond acceptors (Lipinski definition) is 4. The lowest BCUT2D eigenvalue weighted by Gasteiger charge is -2.22. The Bertz CT molecular complexity index is 581. The van der Waals surface area contributed by atoms with E-state index in [2.05, 4.69) is 4.98 Å². The van der Waals surface area contributed by atoms with E-state index in [1.54, 1.807) is 12.5 Å². The van der Waals surface area contributed by atoms with Gasteiger partial charge in [-0.15, -0.1) is 11.3 Å². The van der Waals surface area contributed by atoms with Crippen LogP contribution in [0.2, 0.25) is 0 Å². The molecule has 2 fully saturated rings. The van der Waals surface area contributed by atoms with Crippen LogP contribution in [0, 0.1) is 0 Å². The zero-order valence-corrected chi connectivity index (χ0v) is 11.1. The van der Waals surface area contributed by atoms with E-state index in [9.17, 15) is 4.79 Å². The molecular weight excluding hydrogens is 262 g/mol. The average Bonchev–Trinajstić information content (AvgIpc) is 3.15. The first kappa shape index (κ1) is 11.2. The Labute approximate surface area is 114 Å². The third kappa shape index (κ3) is 1.56. The third-order valence-corrected chi connectivity index (χ3v) is 4.76. The highest BCUT2D eigenvalue weighted by molar-refractivity contribution is 7.13. The molecule has 5 nitrogen and oxygen atoms in total. The van der Waals surface area contributed by atoms with E-state index in [1.165, 1.54) is 16.2 Å². The summed E-state index contributed by atoms with van der Waals surface area (Å²) in [5.74, 6) is 1.03. The molecule has 1 unspecified atom stereocenters. The van der Waals surface area contributed by atoms with Gasteiger partial charge < -0.3 is 4.42 Å². The molecule has 3 atom stereocenters. The van der Waals surface area contributed by atoms with E-state index < -0.39 is 0 Å². The van der Waals surface area contributed by atoms with Crippen LogP contribution in [-0.4, -0.2) is 23.5 Å². The predicted octanol–water partition coefficient (Wildman–Crippen LogP) is 0.829. The second-order valence-electron chi connectivity index (χ2n) is 4.96. The van der Waals surface area contributed by atoms with Crippen molar-refractivity contribution in [3.8, 4) is 0 Å². The topological polar surface area (TPSA) is 50.8 Å². The molecule has 1 N–H and O–H groups in total. The van der Waals surface area contributed by atoms with Crippen LogP contribution in [0.15, 0.2) is 34.4 Å². The van der Waals surface area contributed by atoms with Gasteiger partial charge in [-0.25, -0.2) is 9.88 Å². The minimum Gasteiger partial charge on any atom is -0.461 e. The molecule has 98 valence electrons. The summed E-state index contributed by atoms with van der Waals surface area (Å²) >= 11 is 1.50. The first-order chi connectivity index (χ1) is 9.36. The fraction of sp³-hybridized carbons (Fsp3) is 0.385. The van der Waals surface area contributed by atoms with Gasteiger partial charge in [0, 0.05) is 24.4 Å². The first-order valence-corrected chi connectivity index (χ1v) is 7.36. The standard InChI is InChI=1S/C13H13N3O2S/c17-12-9-3-1-6-15(9)11(10-4-2-7-18-10)16(12)13-14-5-8-19-13/h2,4-5,7-9,11H,1,3,6H2/p+1/t9-,11+/m1/s1. The van der Waals surface area contributed by atoms with E-state index in [0.29, 0.717) is 0 Å². The van der Waals surface area contributed by atoms with Gasteiger partial charge in [0.15, 0.2) is 16.9 Å². The number of nitrogens with one attached hydrogen (secondary N) is 1. The molecule has 0 bridgehead atoms. The molecule has 19 heavy (non-hydrogen) atoms. The maximum absolute atomic E-state index is 12.6. The van der Waals surface area contributed by atoms with E-state index in [1.807, 2.05) is 22.4 Å². The summed E-state index contributed by atoms with van der Waals surface area (Å²) in [6, 6.07) is 3.90. The maximum Gasteiger partial charge on any atom is 0.292 e. The summed E-state index contributed by atoms with van der Waals surface area (Å²) in [6.07, 6.45) is 5.43. The molecule has 4 heterocycles. The Morgan fingerprint density at radius 3 is 3.21 bits per heavy atom. The van der Waals surface area contributed by atoms with E-state index in [0.717, 1.165) is 30.3 Å². The molecule has 4 rings (SSSR count). The summed E-state index contributed by atoms with van der Waals surface area (Å²) in [5, 5.41) is 2.67. The lowest BCUT2D eigenvalue weighted by atomic mass is 10.2. The number of carbonyl (C=O) groups excluding carboxylic acids is 1. The molecule has 2 aromatic rings. The van der Waals surface area contributed by atoms with Crippen LogP contribution in [-0.2, 0) is 4.79 Å². The second-order valence-corrected chi connectivity index (χ2v) is 5.83. The highest BCUT2D eigenvalue weighted by Crippen LogP contribution is 2.31. The van der Waals surface area contributed by atoms with Gasteiger partial charge >= 0.3 is 0 Å². The number of thiazole rings is 1. The minimum absolute atomic E-state index is 0.0545. The second kappa shape index (κ2) is 4.18. The Hall–Kier alpha value is -1.66. The zero-order valence-electron chi connectivity index (χ0n) is 10.3. The molecule has 2 aliphatic heterocycles. The highest BCUT2D eigenvalue weighted by Gasteiger charge is 2.55. The zero-order chi connectivity index (χ0) is 12.8. The Morgan fingerprint density at radius 2 is 2.47 bits per heavy atom. The van der Waals surface area contributed by atoms with Crippen molar-refractivity contribution in [3.63, 3.8) is 0 Å². The highest BCUT2D eigenvalue weighted by atomic mass is 32.1. The summed E-state index contributed by atoms with van der Waals surface area (Å²) in [5.41, 5.74) is 0. The van der Waals surface area contributed by atoms with Crippen LogP contribution in [0.4, 0.5) is 5.13 Å². The Kier molecular flexibility index (Phi) is 2.46. The summed E-state index contributed by atoms with van der Waals surface area (Å²) in [4.78, 5) is 20.0. The van der Waals surface area contributed by atoms with Gasteiger partial charge in [0.2, 0.25) is 6.17 Å². The number of carbonyl (C=O) groups is 1. The minimum atomic E-state index is -0.0545.